The number of benzene rings is 1. The second-order valence-electron chi connectivity index (χ2n) is 6.38. The molecule has 1 atom stereocenters. The lowest BCUT2D eigenvalue weighted by atomic mass is 10.0. The molecule has 6 heteroatoms. The Morgan fingerprint density at radius 2 is 2.12 bits per heavy atom. The lowest BCUT2D eigenvalue weighted by molar-refractivity contribution is 0.188. The predicted octanol–water partition coefficient (Wildman–Crippen LogP) is 2.82. The van der Waals surface area contributed by atoms with E-state index < -0.39 is 0 Å². The molecule has 0 saturated heterocycles. The number of aliphatic hydroxyl groups excluding tert-OH is 1. The summed E-state index contributed by atoms with van der Waals surface area (Å²) in [5, 5.41) is 16.1. The fraction of sp³-hybridized carbons (Fsp3) is 0.500. The van der Waals surface area contributed by atoms with E-state index in [0.29, 0.717) is 12.5 Å². The Labute approximate surface area is 142 Å². The van der Waals surface area contributed by atoms with Crippen molar-refractivity contribution in [3.8, 4) is 0 Å². The number of nitrogens with zero attached hydrogens (tertiary/aromatic N) is 1. The smallest absolute Gasteiger partial charge is 0.319 e. The minimum Gasteiger partial charge on any atom is -0.394 e. The van der Waals surface area contributed by atoms with Crippen molar-refractivity contribution in [2.45, 2.75) is 32.9 Å². The first-order valence-electron chi connectivity index (χ1n) is 8.29. The zero-order valence-electron chi connectivity index (χ0n) is 14.6. The first-order chi connectivity index (χ1) is 11.5. The minimum atomic E-state index is -0.302. The SMILES string of the molecule is COCCn1ccc2ccc(NC(=O)NC(CO)CC(C)C)cc21. The third-order valence-corrected chi connectivity index (χ3v) is 3.88. The number of aromatic nitrogens is 1. The molecule has 1 aromatic heterocycles. The third kappa shape index (κ3) is 4.97. The number of hydrogen-bond acceptors (Lipinski definition) is 3. The third-order valence-electron chi connectivity index (χ3n) is 3.88. The van der Waals surface area contributed by atoms with Crippen LogP contribution in [0.15, 0.2) is 30.5 Å². The van der Waals surface area contributed by atoms with Gasteiger partial charge in [-0.1, -0.05) is 19.9 Å². The molecule has 0 aliphatic carbocycles. The summed E-state index contributed by atoms with van der Waals surface area (Å²) >= 11 is 0. The molecule has 24 heavy (non-hydrogen) atoms. The molecular weight excluding hydrogens is 306 g/mol. The molecule has 2 rings (SSSR count). The average Bonchev–Trinajstić information content (AvgIpc) is 2.94. The maximum absolute atomic E-state index is 12.1. The van der Waals surface area contributed by atoms with Crippen LogP contribution >= 0.6 is 0 Å². The van der Waals surface area contributed by atoms with Crippen LogP contribution < -0.4 is 10.6 Å². The maximum Gasteiger partial charge on any atom is 0.319 e. The van der Waals surface area contributed by atoms with Gasteiger partial charge in [0.15, 0.2) is 0 Å². The number of urea groups is 1. The van der Waals surface area contributed by atoms with Crippen molar-refractivity contribution < 1.29 is 14.6 Å². The number of fused-ring (bicyclic) bond motifs is 1. The normalized spacial score (nSPS) is 12.5. The number of ether oxygens (including phenoxy) is 1. The number of methoxy groups -OCH3 is 1. The standard InChI is InChI=1S/C18H27N3O3/c1-13(2)10-16(12-22)20-18(23)19-15-5-4-14-6-7-21(8-9-24-3)17(14)11-15/h4-7,11,13,16,22H,8-10,12H2,1-3H3,(H2,19,20,23). The number of anilines is 1. The zero-order valence-corrected chi connectivity index (χ0v) is 14.6. The number of carbonyl (C=O) groups is 1. The molecule has 1 unspecified atom stereocenters. The van der Waals surface area contributed by atoms with Crippen molar-refractivity contribution in [1.29, 1.82) is 0 Å². The van der Waals surface area contributed by atoms with Gasteiger partial charge in [0.05, 0.1) is 24.8 Å². The molecule has 0 spiro atoms. The fourth-order valence-corrected chi connectivity index (χ4v) is 2.75. The molecule has 6 nitrogen and oxygen atoms in total. The van der Waals surface area contributed by atoms with Crippen LogP contribution in [-0.4, -0.2) is 42.1 Å². The summed E-state index contributed by atoms with van der Waals surface area (Å²) in [5.41, 5.74) is 1.77. The van der Waals surface area contributed by atoms with Crippen LogP contribution in [0.25, 0.3) is 10.9 Å². The zero-order chi connectivity index (χ0) is 17.5. The van der Waals surface area contributed by atoms with E-state index in [1.54, 1.807) is 7.11 Å². The maximum atomic E-state index is 12.1. The number of aliphatic hydroxyl groups is 1. The van der Waals surface area contributed by atoms with Crippen molar-refractivity contribution in [2.24, 2.45) is 5.92 Å². The van der Waals surface area contributed by atoms with Crippen molar-refractivity contribution in [3.63, 3.8) is 0 Å². The van der Waals surface area contributed by atoms with Gasteiger partial charge in [-0.25, -0.2) is 4.79 Å². The first-order valence-corrected chi connectivity index (χ1v) is 8.29. The number of hydrogen-bond donors (Lipinski definition) is 3. The minimum absolute atomic E-state index is 0.0650. The van der Waals surface area contributed by atoms with Gasteiger partial charge in [0.2, 0.25) is 0 Å². The van der Waals surface area contributed by atoms with Gasteiger partial charge in [0.1, 0.15) is 0 Å². The van der Waals surface area contributed by atoms with Crippen molar-refractivity contribution in [2.75, 3.05) is 25.6 Å². The Morgan fingerprint density at radius 1 is 1.33 bits per heavy atom. The Kier molecular flexibility index (Phi) is 6.63. The van der Waals surface area contributed by atoms with Gasteiger partial charge in [-0.05, 0) is 35.9 Å². The summed E-state index contributed by atoms with van der Waals surface area (Å²) in [4.78, 5) is 12.1. The summed E-state index contributed by atoms with van der Waals surface area (Å²) in [6.07, 6.45) is 2.75. The van der Waals surface area contributed by atoms with Gasteiger partial charge in [-0.15, -0.1) is 0 Å². The molecule has 0 saturated carbocycles. The van der Waals surface area contributed by atoms with Crippen LogP contribution in [0.4, 0.5) is 10.5 Å². The van der Waals surface area contributed by atoms with Crippen molar-refractivity contribution in [3.05, 3.63) is 30.5 Å². The van der Waals surface area contributed by atoms with Crippen molar-refractivity contribution in [1.82, 2.24) is 9.88 Å². The van der Waals surface area contributed by atoms with Crippen LogP contribution in [0.2, 0.25) is 0 Å². The molecule has 0 aliphatic heterocycles. The van der Waals surface area contributed by atoms with Gasteiger partial charge in [-0.2, -0.15) is 0 Å². The van der Waals surface area contributed by atoms with Gasteiger partial charge < -0.3 is 25.0 Å². The average molecular weight is 333 g/mol. The largest absolute Gasteiger partial charge is 0.394 e. The quantitative estimate of drug-likeness (QED) is 0.695. The molecular formula is C18H27N3O3. The van der Waals surface area contributed by atoms with Gasteiger partial charge in [-0.3, -0.25) is 0 Å². The Morgan fingerprint density at radius 3 is 2.79 bits per heavy atom. The van der Waals surface area contributed by atoms with Gasteiger partial charge in [0.25, 0.3) is 0 Å². The molecule has 1 aromatic carbocycles. The number of amides is 2. The van der Waals surface area contributed by atoms with Crippen LogP contribution in [0, 0.1) is 5.92 Å². The lowest BCUT2D eigenvalue weighted by Crippen LogP contribution is -2.40. The Bertz CT molecular complexity index is 667. The van der Waals surface area contributed by atoms with E-state index in [9.17, 15) is 9.90 Å². The molecule has 0 fully saturated rings. The topological polar surface area (TPSA) is 75.5 Å². The summed E-state index contributed by atoms with van der Waals surface area (Å²) in [5.74, 6) is 0.405. The van der Waals surface area contributed by atoms with Gasteiger partial charge >= 0.3 is 6.03 Å². The molecule has 0 bridgehead atoms. The Balaban J connectivity index is 2.04. The molecule has 0 radical (unpaired) electrons. The monoisotopic (exact) mass is 333 g/mol. The van der Waals surface area contributed by atoms with E-state index in [0.717, 1.165) is 29.6 Å². The van der Waals surface area contributed by atoms with Gasteiger partial charge in [0, 0.05) is 25.5 Å². The highest BCUT2D eigenvalue weighted by atomic mass is 16.5. The number of nitrogens with one attached hydrogen (secondary N) is 2. The van der Waals surface area contributed by atoms with Crippen LogP contribution in [0.3, 0.4) is 0 Å². The van der Waals surface area contributed by atoms with Crippen LogP contribution in [0.1, 0.15) is 20.3 Å². The lowest BCUT2D eigenvalue weighted by Gasteiger charge is -2.18. The van der Waals surface area contributed by atoms with E-state index in [1.807, 2.05) is 30.5 Å². The fourth-order valence-electron chi connectivity index (χ4n) is 2.75. The highest BCUT2D eigenvalue weighted by Gasteiger charge is 2.13. The van der Waals surface area contributed by atoms with E-state index >= 15 is 0 Å². The predicted molar refractivity (Wildman–Crippen MR) is 96.3 cm³/mol. The van der Waals surface area contributed by atoms with Crippen molar-refractivity contribution >= 4 is 22.6 Å². The van der Waals surface area contributed by atoms with Crippen LogP contribution in [0.5, 0.6) is 0 Å². The van der Waals surface area contributed by atoms with E-state index in [2.05, 4.69) is 29.0 Å². The molecule has 2 amide bonds. The summed E-state index contributed by atoms with van der Waals surface area (Å²) < 4.78 is 7.22. The summed E-state index contributed by atoms with van der Waals surface area (Å²) in [7, 11) is 1.68. The highest BCUT2D eigenvalue weighted by Crippen LogP contribution is 2.20. The molecule has 0 aliphatic rings. The van der Waals surface area contributed by atoms with E-state index in [-0.39, 0.29) is 18.7 Å². The number of rotatable bonds is 8. The van der Waals surface area contributed by atoms with E-state index in [1.165, 1.54) is 0 Å². The van der Waals surface area contributed by atoms with E-state index in [4.69, 9.17) is 4.74 Å². The number of carbonyl (C=O) groups excluding carboxylic acids is 1. The highest BCUT2D eigenvalue weighted by molar-refractivity contribution is 5.93. The summed E-state index contributed by atoms with van der Waals surface area (Å²) in [6.45, 7) is 5.45. The first kappa shape index (κ1) is 18.3. The molecule has 2 aromatic rings. The molecule has 3 N–H and O–H groups in total. The molecule has 1 heterocycles. The second-order valence-corrected chi connectivity index (χ2v) is 6.38. The molecule has 132 valence electrons. The Hall–Kier alpha value is -2.05. The summed E-state index contributed by atoms with van der Waals surface area (Å²) in [6, 6.07) is 7.30. The second kappa shape index (κ2) is 8.70. The van der Waals surface area contributed by atoms with Crippen LogP contribution in [-0.2, 0) is 11.3 Å².